The van der Waals surface area contributed by atoms with Gasteiger partial charge in [0.1, 0.15) is 11.5 Å². The first kappa shape index (κ1) is 24.9. The highest BCUT2D eigenvalue weighted by atomic mass is 31.2. The van der Waals surface area contributed by atoms with Gasteiger partial charge in [0.15, 0.2) is 0 Å². The Bertz CT molecular complexity index is 1410. The Kier molecular flexibility index (Phi) is 5.84. The maximum Gasteiger partial charge on any atom is 0.584 e. The lowest BCUT2D eigenvalue weighted by atomic mass is 9.93. The van der Waals surface area contributed by atoms with Gasteiger partial charge in [-0.3, -0.25) is 4.89 Å². The zero-order valence-corrected chi connectivity index (χ0v) is 19.4. The van der Waals surface area contributed by atoms with Gasteiger partial charge in [-0.05, 0) is 35.4 Å². The van der Waals surface area contributed by atoms with Gasteiger partial charge in [0, 0.05) is 22.3 Å². The maximum absolute atomic E-state index is 13.0. The molecule has 0 aromatic heterocycles. The third-order valence-electron chi connectivity index (χ3n) is 5.78. The van der Waals surface area contributed by atoms with Crippen molar-refractivity contribution in [2.45, 2.75) is 12.4 Å². The number of alkyl halides is 6. The molecule has 1 aliphatic heterocycles. The van der Waals surface area contributed by atoms with Crippen molar-refractivity contribution in [1.29, 1.82) is 0 Å². The summed E-state index contributed by atoms with van der Waals surface area (Å²) in [5.41, 5.74) is -0.00205. The first-order chi connectivity index (χ1) is 17.3. The fourth-order valence-electron chi connectivity index (χ4n) is 4.08. The fraction of sp³-hybridized carbons (Fsp3) is 0.0769. The van der Waals surface area contributed by atoms with Crippen LogP contribution in [0.5, 0.6) is 11.5 Å². The number of para-hydroxylation sites is 2. The van der Waals surface area contributed by atoms with E-state index in [1.54, 1.807) is 24.3 Å². The molecule has 190 valence electrons. The number of fused-ring (bicyclic) bond motifs is 3. The van der Waals surface area contributed by atoms with E-state index in [2.05, 4.69) is 0 Å². The Morgan fingerprint density at radius 2 is 0.865 bits per heavy atom. The van der Waals surface area contributed by atoms with E-state index in [0.29, 0.717) is 22.3 Å². The monoisotopic (exact) mass is 536 g/mol. The Hall–Kier alpha value is -3.75. The van der Waals surface area contributed by atoms with E-state index in [1.165, 1.54) is 36.4 Å². The van der Waals surface area contributed by atoms with E-state index < -0.39 is 31.3 Å². The number of hydrogen-bond donors (Lipinski definition) is 1. The van der Waals surface area contributed by atoms with Crippen molar-refractivity contribution in [2.75, 3.05) is 0 Å². The summed E-state index contributed by atoms with van der Waals surface area (Å²) in [4.78, 5) is 10.5. The topological polar surface area (TPSA) is 55.8 Å². The highest BCUT2D eigenvalue weighted by molar-refractivity contribution is 7.48. The van der Waals surface area contributed by atoms with Gasteiger partial charge in [-0.15, -0.1) is 0 Å². The molecule has 0 spiro atoms. The second-order valence-electron chi connectivity index (χ2n) is 8.17. The quantitative estimate of drug-likeness (QED) is 0.206. The van der Waals surface area contributed by atoms with Crippen LogP contribution in [0.3, 0.4) is 0 Å². The highest BCUT2D eigenvalue weighted by Crippen LogP contribution is 2.58. The molecule has 0 amide bonds. The molecule has 4 aromatic rings. The number of phosphoric acid groups is 1. The Labute approximate surface area is 206 Å². The van der Waals surface area contributed by atoms with Gasteiger partial charge in [-0.2, -0.15) is 26.3 Å². The van der Waals surface area contributed by atoms with Crippen LogP contribution in [-0.4, -0.2) is 4.89 Å². The van der Waals surface area contributed by atoms with Crippen LogP contribution in [0.2, 0.25) is 0 Å². The van der Waals surface area contributed by atoms with E-state index in [0.717, 1.165) is 24.3 Å². The molecule has 1 heterocycles. The van der Waals surface area contributed by atoms with E-state index >= 15 is 0 Å². The molecule has 0 bridgehead atoms. The molecule has 0 fully saturated rings. The molecule has 0 saturated carbocycles. The fourth-order valence-corrected chi connectivity index (χ4v) is 4.97. The van der Waals surface area contributed by atoms with Gasteiger partial charge in [0.25, 0.3) is 0 Å². The van der Waals surface area contributed by atoms with E-state index in [-0.39, 0.29) is 22.6 Å². The molecule has 11 heteroatoms. The van der Waals surface area contributed by atoms with Gasteiger partial charge in [-0.25, -0.2) is 4.57 Å². The molecular formula is C26H15F6O4P. The average Bonchev–Trinajstić information content (AvgIpc) is 2.95. The Morgan fingerprint density at radius 1 is 0.541 bits per heavy atom. The third kappa shape index (κ3) is 4.82. The molecule has 37 heavy (non-hydrogen) atoms. The van der Waals surface area contributed by atoms with Gasteiger partial charge in [-0.1, -0.05) is 60.7 Å². The van der Waals surface area contributed by atoms with Crippen LogP contribution in [0.4, 0.5) is 26.3 Å². The van der Waals surface area contributed by atoms with Crippen LogP contribution in [0.1, 0.15) is 11.1 Å². The maximum atomic E-state index is 13.0. The number of hydrogen-bond acceptors (Lipinski definition) is 3. The molecule has 0 unspecified atom stereocenters. The summed E-state index contributed by atoms with van der Waals surface area (Å²) in [6.07, 6.45) is -9.07. The Balaban J connectivity index is 1.67. The summed E-state index contributed by atoms with van der Waals surface area (Å²) in [6.45, 7) is 0. The van der Waals surface area contributed by atoms with Crippen molar-refractivity contribution in [2.24, 2.45) is 0 Å². The molecular weight excluding hydrogens is 521 g/mol. The van der Waals surface area contributed by atoms with Crippen LogP contribution in [0, 0.1) is 0 Å². The molecule has 0 aliphatic carbocycles. The lowest BCUT2D eigenvalue weighted by molar-refractivity contribution is -0.138. The summed E-state index contributed by atoms with van der Waals surface area (Å²) in [6, 6.07) is 17.8. The molecule has 1 aliphatic rings. The zero-order valence-electron chi connectivity index (χ0n) is 18.5. The number of phosphoric ester groups is 1. The predicted octanol–water partition coefficient (Wildman–Crippen LogP) is 8.60. The summed E-state index contributed by atoms with van der Waals surface area (Å²) in [5, 5.41) is 0. The first-order valence-electron chi connectivity index (χ1n) is 10.7. The second kappa shape index (κ2) is 8.68. The minimum Gasteiger partial charge on any atom is -0.394 e. The lowest BCUT2D eigenvalue weighted by Gasteiger charge is -2.15. The molecule has 4 aromatic carbocycles. The SMILES string of the molecule is O=P1(O)Oc2c(-c3ccc(C(F)(F)F)cc3)cccc2-c2cccc(-c3ccc(C(F)(F)F)cc3)c2O1. The number of benzene rings is 4. The number of rotatable bonds is 2. The molecule has 0 atom stereocenters. The van der Waals surface area contributed by atoms with Crippen molar-refractivity contribution in [3.05, 3.63) is 96.1 Å². The van der Waals surface area contributed by atoms with E-state index in [9.17, 15) is 35.8 Å². The molecule has 1 N–H and O–H groups in total. The molecule has 0 radical (unpaired) electrons. The van der Waals surface area contributed by atoms with Crippen molar-refractivity contribution in [1.82, 2.24) is 0 Å². The first-order valence-corrected chi connectivity index (χ1v) is 12.2. The van der Waals surface area contributed by atoms with E-state index in [1.807, 2.05) is 0 Å². The molecule has 4 nitrogen and oxygen atoms in total. The van der Waals surface area contributed by atoms with Crippen LogP contribution in [-0.2, 0) is 16.9 Å². The van der Waals surface area contributed by atoms with Crippen LogP contribution < -0.4 is 9.05 Å². The smallest absolute Gasteiger partial charge is 0.394 e. The standard InChI is InChI=1S/C26H15F6O4P/c27-25(28,29)17-11-7-15(8-12-17)19-3-1-5-21-22-6-2-4-20(24(22)36-37(33,34)35-23(19)21)16-9-13-18(14-10-16)26(30,31)32/h1-14H,(H,33,34). The van der Waals surface area contributed by atoms with Crippen molar-refractivity contribution >= 4 is 7.82 Å². The van der Waals surface area contributed by atoms with Crippen LogP contribution in [0.25, 0.3) is 33.4 Å². The van der Waals surface area contributed by atoms with Crippen molar-refractivity contribution < 1.29 is 44.8 Å². The van der Waals surface area contributed by atoms with Crippen molar-refractivity contribution in [3.63, 3.8) is 0 Å². The Morgan fingerprint density at radius 3 is 1.19 bits per heavy atom. The van der Waals surface area contributed by atoms with Crippen molar-refractivity contribution in [3.8, 4) is 44.9 Å². The minimum atomic E-state index is -4.82. The molecule has 5 rings (SSSR count). The largest absolute Gasteiger partial charge is 0.584 e. The highest BCUT2D eigenvalue weighted by Gasteiger charge is 2.36. The van der Waals surface area contributed by atoms with Gasteiger partial charge >= 0.3 is 20.2 Å². The normalized spacial score (nSPS) is 14.6. The van der Waals surface area contributed by atoms with Gasteiger partial charge in [0.2, 0.25) is 0 Å². The lowest BCUT2D eigenvalue weighted by Crippen LogP contribution is -2.04. The molecule has 0 saturated heterocycles. The average molecular weight is 536 g/mol. The minimum absolute atomic E-state index is 0.0867. The van der Waals surface area contributed by atoms with Crippen LogP contribution >= 0.6 is 7.82 Å². The summed E-state index contributed by atoms with van der Waals surface area (Å²) < 4.78 is 102. The third-order valence-corrected chi connectivity index (χ3v) is 6.61. The zero-order chi connectivity index (χ0) is 26.6. The van der Waals surface area contributed by atoms with Gasteiger partial charge in [0.05, 0.1) is 11.1 Å². The predicted molar refractivity (Wildman–Crippen MR) is 124 cm³/mol. The summed E-state index contributed by atoms with van der Waals surface area (Å²) in [7, 11) is -4.82. The van der Waals surface area contributed by atoms with E-state index in [4.69, 9.17) is 9.05 Å². The number of halogens is 6. The summed E-state index contributed by atoms with van der Waals surface area (Å²) >= 11 is 0. The summed E-state index contributed by atoms with van der Waals surface area (Å²) in [5.74, 6) is -0.173. The van der Waals surface area contributed by atoms with Gasteiger partial charge < -0.3 is 9.05 Å². The second-order valence-corrected chi connectivity index (χ2v) is 9.47. The van der Waals surface area contributed by atoms with Crippen LogP contribution in [0.15, 0.2) is 84.9 Å².